The van der Waals surface area contributed by atoms with Gasteiger partial charge in [-0.1, -0.05) is 18.2 Å². The molecule has 2 aromatic carbocycles. The van der Waals surface area contributed by atoms with E-state index < -0.39 is 0 Å². The highest BCUT2D eigenvalue weighted by Gasteiger charge is 2.25. The van der Waals surface area contributed by atoms with Crippen LogP contribution in [-0.2, 0) is 11.3 Å². The van der Waals surface area contributed by atoms with Crippen molar-refractivity contribution < 1.29 is 19.0 Å². The Kier molecular flexibility index (Phi) is 5.30. The molecule has 0 radical (unpaired) electrons. The molecule has 29 heavy (non-hydrogen) atoms. The van der Waals surface area contributed by atoms with Gasteiger partial charge in [-0.05, 0) is 32.0 Å². The van der Waals surface area contributed by atoms with E-state index >= 15 is 0 Å². The lowest BCUT2D eigenvalue weighted by atomic mass is 10.0. The summed E-state index contributed by atoms with van der Waals surface area (Å²) in [5, 5.41) is 10.9. The van der Waals surface area contributed by atoms with Crippen LogP contribution in [0.15, 0.2) is 51.9 Å². The van der Waals surface area contributed by atoms with Crippen LogP contribution in [-0.4, -0.2) is 42.4 Å². The molecule has 152 valence electrons. The Morgan fingerprint density at radius 3 is 2.55 bits per heavy atom. The maximum atomic E-state index is 13.2. The van der Waals surface area contributed by atoms with Gasteiger partial charge in [0.25, 0.3) is 0 Å². The van der Waals surface area contributed by atoms with Gasteiger partial charge in [0.1, 0.15) is 23.3 Å². The Hall–Kier alpha value is -2.83. The summed E-state index contributed by atoms with van der Waals surface area (Å²) in [6.07, 6.45) is 1.68. The minimum absolute atomic E-state index is 0.111. The summed E-state index contributed by atoms with van der Waals surface area (Å²) in [7, 11) is 1.57. The smallest absolute Gasteiger partial charge is 0.200 e. The van der Waals surface area contributed by atoms with Gasteiger partial charge in [0.2, 0.25) is 5.43 Å². The number of phenols is 1. The fourth-order valence-electron chi connectivity index (χ4n) is 4.09. The van der Waals surface area contributed by atoms with Crippen molar-refractivity contribution in [2.45, 2.75) is 32.6 Å². The molecule has 1 saturated heterocycles. The lowest BCUT2D eigenvalue weighted by Crippen LogP contribution is -2.44. The van der Waals surface area contributed by atoms with Crippen molar-refractivity contribution in [3.05, 3.63) is 58.4 Å². The first-order valence-electron chi connectivity index (χ1n) is 9.75. The number of hydrogen-bond acceptors (Lipinski definition) is 6. The topological polar surface area (TPSA) is 72.1 Å². The number of morpholine rings is 1. The molecule has 1 N–H and O–H groups in total. The standard InChI is InChI=1S/C23H25NO5/c1-14-10-24(11-15(2)29-14)12-18-20(25)9-8-17-22(26)19(13-28-23(17)18)16-6-4-5-7-21(16)27-3/h4-9,13-15,25H,10-12H2,1-3H3/t14-,15-/m1/s1. The van der Waals surface area contributed by atoms with Crippen LogP contribution in [0.5, 0.6) is 11.5 Å². The number of para-hydroxylation sites is 1. The zero-order chi connectivity index (χ0) is 20.5. The van der Waals surface area contributed by atoms with Gasteiger partial charge in [-0.3, -0.25) is 9.69 Å². The van der Waals surface area contributed by atoms with Crippen LogP contribution in [0.2, 0.25) is 0 Å². The van der Waals surface area contributed by atoms with E-state index in [4.69, 9.17) is 13.9 Å². The third kappa shape index (κ3) is 3.73. The van der Waals surface area contributed by atoms with Crippen LogP contribution < -0.4 is 10.2 Å². The highest BCUT2D eigenvalue weighted by molar-refractivity contribution is 5.86. The van der Waals surface area contributed by atoms with Crippen molar-refractivity contribution >= 4 is 11.0 Å². The van der Waals surface area contributed by atoms with Gasteiger partial charge in [0.15, 0.2) is 0 Å². The second-order valence-corrected chi connectivity index (χ2v) is 7.57. The molecule has 0 spiro atoms. The number of fused-ring (bicyclic) bond motifs is 1. The second-order valence-electron chi connectivity index (χ2n) is 7.57. The Labute approximate surface area is 169 Å². The van der Waals surface area contributed by atoms with Crippen molar-refractivity contribution in [3.8, 4) is 22.6 Å². The summed E-state index contributed by atoms with van der Waals surface area (Å²) >= 11 is 0. The lowest BCUT2D eigenvalue weighted by Gasteiger charge is -2.35. The molecule has 6 heteroatoms. The second kappa shape index (κ2) is 7.89. The maximum Gasteiger partial charge on any atom is 0.200 e. The minimum atomic E-state index is -0.152. The van der Waals surface area contributed by atoms with E-state index in [-0.39, 0.29) is 23.4 Å². The normalized spacial score (nSPS) is 20.1. The molecule has 1 fully saturated rings. The predicted molar refractivity (Wildman–Crippen MR) is 111 cm³/mol. The number of rotatable bonds is 4. The van der Waals surface area contributed by atoms with E-state index in [1.807, 2.05) is 38.1 Å². The molecular weight excluding hydrogens is 370 g/mol. The summed E-state index contributed by atoms with van der Waals surface area (Å²) in [5.41, 5.74) is 1.99. The molecule has 1 aliphatic heterocycles. The zero-order valence-corrected chi connectivity index (χ0v) is 16.8. The summed E-state index contributed by atoms with van der Waals surface area (Å²) in [6, 6.07) is 10.5. The van der Waals surface area contributed by atoms with Crippen molar-refractivity contribution in [3.63, 3.8) is 0 Å². The average molecular weight is 395 g/mol. The number of methoxy groups -OCH3 is 1. The van der Waals surface area contributed by atoms with E-state index in [0.29, 0.717) is 40.0 Å². The van der Waals surface area contributed by atoms with E-state index in [9.17, 15) is 9.90 Å². The van der Waals surface area contributed by atoms with Gasteiger partial charge in [0.05, 0.1) is 35.8 Å². The molecule has 4 rings (SSSR count). The Morgan fingerprint density at radius 1 is 1.10 bits per heavy atom. The fourth-order valence-corrected chi connectivity index (χ4v) is 4.09. The molecule has 0 bridgehead atoms. The average Bonchev–Trinajstić information content (AvgIpc) is 2.70. The Morgan fingerprint density at radius 2 is 1.83 bits per heavy atom. The number of nitrogens with zero attached hydrogens (tertiary/aromatic N) is 1. The van der Waals surface area contributed by atoms with Crippen LogP contribution in [0.1, 0.15) is 19.4 Å². The van der Waals surface area contributed by atoms with Crippen molar-refractivity contribution in [1.82, 2.24) is 4.90 Å². The number of ether oxygens (including phenoxy) is 2. The minimum Gasteiger partial charge on any atom is -0.507 e. The molecule has 0 aliphatic carbocycles. The SMILES string of the molecule is COc1ccccc1-c1coc2c(CN3C[C@@H](C)O[C@H](C)C3)c(O)ccc2c1=O. The van der Waals surface area contributed by atoms with E-state index in [2.05, 4.69) is 4.90 Å². The van der Waals surface area contributed by atoms with Crippen molar-refractivity contribution in [1.29, 1.82) is 0 Å². The third-order valence-corrected chi connectivity index (χ3v) is 5.29. The molecule has 2 heterocycles. The van der Waals surface area contributed by atoms with E-state index in [0.717, 1.165) is 13.1 Å². The van der Waals surface area contributed by atoms with Gasteiger partial charge in [0, 0.05) is 25.2 Å². The molecule has 1 aliphatic rings. The first kappa shape index (κ1) is 19.5. The molecule has 6 nitrogen and oxygen atoms in total. The van der Waals surface area contributed by atoms with Gasteiger partial charge in [-0.25, -0.2) is 0 Å². The van der Waals surface area contributed by atoms with Crippen molar-refractivity contribution in [2.24, 2.45) is 0 Å². The van der Waals surface area contributed by atoms with Crippen LogP contribution in [0.3, 0.4) is 0 Å². The molecule has 1 aromatic heterocycles. The van der Waals surface area contributed by atoms with Gasteiger partial charge in [-0.2, -0.15) is 0 Å². The van der Waals surface area contributed by atoms with Crippen LogP contribution in [0.25, 0.3) is 22.1 Å². The summed E-state index contributed by atoms with van der Waals surface area (Å²) in [6.45, 7) is 6.06. The quantitative estimate of drug-likeness (QED) is 0.725. The van der Waals surface area contributed by atoms with Crippen LogP contribution in [0, 0.1) is 0 Å². The van der Waals surface area contributed by atoms with E-state index in [1.165, 1.54) is 6.26 Å². The van der Waals surface area contributed by atoms with Crippen LogP contribution >= 0.6 is 0 Å². The monoisotopic (exact) mass is 395 g/mol. The third-order valence-electron chi connectivity index (χ3n) is 5.29. The Bertz CT molecular complexity index is 1080. The summed E-state index contributed by atoms with van der Waals surface area (Å²) < 4.78 is 17.1. The molecule has 2 atom stereocenters. The molecule has 0 saturated carbocycles. The Balaban J connectivity index is 1.79. The molecule has 3 aromatic rings. The maximum absolute atomic E-state index is 13.2. The summed E-state index contributed by atoms with van der Waals surface area (Å²) in [4.78, 5) is 15.4. The lowest BCUT2D eigenvalue weighted by molar-refractivity contribution is -0.0705. The van der Waals surface area contributed by atoms with Crippen molar-refractivity contribution in [2.75, 3.05) is 20.2 Å². The highest BCUT2D eigenvalue weighted by Crippen LogP contribution is 2.32. The fraction of sp³-hybridized carbons (Fsp3) is 0.348. The van der Waals surface area contributed by atoms with Gasteiger partial charge < -0.3 is 19.0 Å². The largest absolute Gasteiger partial charge is 0.507 e. The van der Waals surface area contributed by atoms with Gasteiger partial charge >= 0.3 is 0 Å². The summed E-state index contributed by atoms with van der Waals surface area (Å²) in [5.74, 6) is 0.729. The van der Waals surface area contributed by atoms with E-state index in [1.54, 1.807) is 19.2 Å². The number of hydrogen-bond donors (Lipinski definition) is 1. The first-order valence-corrected chi connectivity index (χ1v) is 9.75. The number of phenolic OH excluding ortho intramolecular Hbond substituents is 1. The molecular formula is C23H25NO5. The predicted octanol–water partition coefficient (Wildman–Crippen LogP) is 3.78. The molecule has 0 amide bonds. The first-order chi connectivity index (χ1) is 14.0. The highest BCUT2D eigenvalue weighted by atomic mass is 16.5. The zero-order valence-electron chi connectivity index (χ0n) is 16.8. The number of benzene rings is 2. The van der Waals surface area contributed by atoms with Crippen LogP contribution in [0.4, 0.5) is 0 Å². The van der Waals surface area contributed by atoms with Gasteiger partial charge in [-0.15, -0.1) is 0 Å². The molecule has 0 unspecified atom stereocenters. The number of aromatic hydroxyl groups is 1.